The number of nitrogens with one attached hydrogen (secondary N) is 1. The van der Waals surface area contributed by atoms with Crippen LogP contribution in [0.25, 0.3) is 0 Å². The molecule has 1 aromatic heterocycles. The second kappa shape index (κ2) is 6.62. The van der Waals surface area contributed by atoms with Crippen molar-refractivity contribution in [3.05, 3.63) is 30.1 Å². The molecule has 1 aromatic rings. The molecule has 0 fully saturated rings. The second-order valence-corrected chi connectivity index (χ2v) is 3.66. The molecule has 2 N–H and O–H groups in total. The molecule has 0 saturated carbocycles. The standard InChI is InChI=1S/C12H16N2O3/c1-2-14-12(17)10(3-4-11(15)16)9-5-7-13-8-6-9/h5-8,10H,2-4H2,1H3,(H,14,17)(H,15,16). The number of nitrogens with zero attached hydrogens (tertiary/aromatic N) is 1. The largest absolute Gasteiger partial charge is 0.481 e. The number of carboxylic acids is 1. The predicted octanol–water partition coefficient (Wildman–Crippen LogP) is 1.17. The van der Waals surface area contributed by atoms with Crippen molar-refractivity contribution < 1.29 is 14.7 Å². The summed E-state index contributed by atoms with van der Waals surface area (Å²) in [4.78, 5) is 26.3. The van der Waals surface area contributed by atoms with Gasteiger partial charge in [-0.3, -0.25) is 14.6 Å². The van der Waals surface area contributed by atoms with Crippen LogP contribution in [0.3, 0.4) is 0 Å². The molecule has 1 heterocycles. The quantitative estimate of drug-likeness (QED) is 0.777. The molecular weight excluding hydrogens is 220 g/mol. The molecule has 0 saturated heterocycles. The van der Waals surface area contributed by atoms with Crippen molar-refractivity contribution in [1.29, 1.82) is 0 Å². The minimum Gasteiger partial charge on any atom is -0.481 e. The van der Waals surface area contributed by atoms with Gasteiger partial charge in [0.2, 0.25) is 5.91 Å². The molecule has 0 radical (unpaired) electrons. The number of pyridine rings is 1. The molecule has 5 nitrogen and oxygen atoms in total. The van der Waals surface area contributed by atoms with Gasteiger partial charge < -0.3 is 10.4 Å². The first-order valence-corrected chi connectivity index (χ1v) is 5.54. The fourth-order valence-electron chi connectivity index (χ4n) is 1.61. The van der Waals surface area contributed by atoms with Crippen molar-refractivity contribution in [2.75, 3.05) is 6.54 Å². The van der Waals surface area contributed by atoms with E-state index in [1.165, 1.54) is 0 Å². The Kier molecular flexibility index (Phi) is 5.13. The molecule has 5 heteroatoms. The zero-order valence-corrected chi connectivity index (χ0v) is 9.72. The van der Waals surface area contributed by atoms with Crippen molar-refractivity contribution >= 4 is 11.9 Å². The third-order valence-electron chi connectivity index (χ3n) is 2.42. The van der Waals surface area contributed by atoms with Gasteiger partial charge in [0.05, 0.1) is 5.92 Å². The minimum atomic E-state index is -0.895. The van der Waals surface area contributed by atoms with Gasteiger partial charge >= 0.3 is 5.97 Å². The number of likely N-dealkylation sites (N-methyl/N-ethyl adjacent to an activating group) is 1. The Bertz CT molecular complexity index is 379. The van der Waals surface area contributed by atoms with E-state index in [0.717, 1.165) is 5.56 Å². The van der Waals surface area contributed by atoms with Crippen LogP contribution in [0.5, 0.6) is 0 Å². The Morgan fingerprint density at radius 3 is 2.59 bits per heavy atom. The highest BCUT2D eigenvalue weighted by molar-refractivity contribution is 5.84. The monoisotopic (exact) mass is 236 g/mol. The molecule has 0 spiro atoms. The number of carboxylic acid groups (broad SMARTS) is 1. The molecule has 0 bridgehead atoms. The Morgan fingerprint density at radius 2 is 2.06 bits per heavy atom. The van der Waals surface area contributed by atoms with E-state index in [0.29, 0.717) is 13.0 Å². The summed E-state index contributed by atoms with van der Waals surface area (Å²) in [7, 11) is 0. The summed E-state index contributed by atoms with van der Waals surface area (Å²) < 4.78 is 0. The van der Waals surface area contributed by atoms with Crippen molar-refractivity contribution in [2.45, 2.75) is 25.7 Å². The van der Waals surface area contributed by atoms with Crippen LogP contribution in [0.4, 0.5) is 0 Å². The Hall–Kier alpha value is -1.91. The highest BCUT2D eigenvalue weighted by atomic mass is 16.4. The minimum absolute atomic E-state index is 0.0237. The van der Waals surface area contributed by atoms with E-state index in [4.69, 9.17) is 5.11 Å². The summed E-state index contributed by atoms with van der Waals surface area (Å²) in [6.07, 6.45) is 3.47. The van der Waals surface area contributed by atoms with Crippen molar-refractivity contribution in [1.82, 2.24) is 10.3 Å². The van der Waals surface area contributed by atoms with Gasteiger partial charge in [0.15, 0.2) is 0 Å². The average Bonchev–Trinajstić information content (AvgIpc) is 2.30. The lowest BCUT2D eigenvalue weighted by Gasteiger charge is -2.15. The highest BCUT2D eigenvalue weighted by Crippen LogP contribution is 2.20. The van der Waals surface area contributed by atoms with Gasteiger partial charge in [-0.25, -0.2) is 0 Å². The van der Waals surface area contributed by atoms with E-state index in [1.54, 1.807) is 24.5 Å². The smallest absolute Gasteiger partial charge is 0.303 e. The molecule has 0 aliphatic carbocycles. The molecular formula is C12H16N2O3. The third-order valence-corrected chi connectivity index (χ3v) is 2.42. The van der Waals surface area contributed by atoms with Gasteiger partial charge in [-0.15, -0.1) is 0 Å². The zero-order valence-electron chi connectivity index (χ0n) is 9.72. The molecule has 0 aliphatic rings. The Labute approximate surface area is 99.9 Å². The molecule has 1 amide bonds. The first kappa shape index (κ1) is 13.2. The molecule has 92 valence electrons. The number of aliphatic carboxylic acids is 1. The first-order chi connectivity index (χ1) is 8.15. The maximum atomic E-state index is 11.8. The van der Waals surface area contributed by atoms with Gasteiger partial charge in [-0.1, -0.05) is 0 Å². The summed E-state index contributed by atoms with van der Waals surface area (Å²) in [5, 5.41) is 11.4. The maximum absolute atomic E-state index is 11.8. The van der Waals surface area contributed by atoms with E-state index in [1.807, 2.05) is 6.92 Å². The van der Waals surface area contributed by atoms with Gasteiger partial charge in [-0.2, -0.15) is 0 Å². The van der Waals surface area contributed by atoms with Crippen molar-refractivity contribution in [3.63, 3.8) is 0 Å². The van der Waals surface area contributed by atoms with Crippen LogP contribution in [0, 0.1) is 0 Å². The van der Waals surface area contributed by atoms with Gasteiger partial charge in [0.25, 0.3) is 0 Å². The SMILES string of the molecule is CCNC(=O)C(CCC(=O)O)c1ccncc1. The summed E-state index contributed by atoms with van der Waals surface area (Å²) >= 11 is 0. The van der Waals surface area contributed by atoms with Gasteiger partial charge in [0, 0.05) is 25.4 Å². The number of carbonyl (C=O) groups excluding carboxylic acids is 1. The van der Waals surface area contributed by atoms with Crippen LogP contribution in [-0.2, 0) is 9.59 Å². The van der Waals surface area contributed by atoms with Crippen molar-refractivity contribution in [3.8, 4) is 0 Å². The van der Waals surface area contributed by atoms with E-state index in [2.05, 4.69) is 10.3 Å². The second-order valence-electron chi connectivity index (χ2n) is 3.66. The Morgan fingerprint density at radius 1 is 1.41 bits per heavy atom. The lowest BCUT2D eigenvalue weighted by Crippen LogP contribution is -2.29. The highest BCUT2D eigenvalue weighted by Gasteiger charge is 2.20. The summed E-state index contributed by atoms with van der Waals surface area (Å²) in [5.41, 5.74) is 0.798. The fourth-order valence-corrected chi connectivity index (χ4v) is 1.61. The normalized spacial score (nSPS) is 11.8. The number of carbonyl (C=O) groups is 2. The van der Waals surface area contributed by atoms with E-state index in [-0.39, 0.29) is 12.3 Å². The van der Waals surface area contributed by atoms with E-state index < -0.39 is 11.9 Å². The van der Waals surface area contributed by atoms with Crippen LogP contribution in [0.1, 0.15) is 31.2 Å². The van der Waals surface area contributed by atoms with Gasteiger partial charge in [0.1, 0.15) is 0 Å². The molecule has 17 heavy (non-hydrogen) atoms. The summed E-state index contributed by atoms with van der Waals surface area (Å²) in [5.74, 6) is -1.46. The van der Waals surface area contributed by atoms with Crippen molar-refractivity contribution in [2.24, 2.45) is 0 Å². The van der Waals surface area contributed by atoms with E-state index in [9.17, 15) is 9.59 Å². The van der Waals surface area contributed by atoms with Gasteiger partial charge in [-0.05, 0) is 31.0 Å². The zero-order chi connectivity index (χ0) is 12.7. The topological polar surface area (TPSA) is 79.3 Å². The molecule has 1 rings (SSSR count). The number of aromatic nitrogens is 1. The molecule has 1 unspecified atom stereocenters. The maximum Gasteiger partial charge on any atom is 0.303 e. The summed E-state index contributed by atoms with van der Waals surface area (Å²) in [6.45, 7) is 2.37. The first-order valence-electron chi connectivity index (χ1n) is 5.54. The molecule has 0 aliphatic heterocycles. The van der Waals surface area contributed by atoms with E-state index >= 15 is 0 Å². The van der Waals surface area contributed by atoms with Crippen LogP contribution in [0.15, 0.2) is 24.5 Å². The lowest BCUT2D eigenvalue weighted by molar-refractivity contribution is -0.137. The number of hydrogen-bond donors (Lipinski definition) is 2. The van der Waals surface area contributed by atoms with Crippen LogP contribution in [0.2, 0.25) is 0 Å². The summed E-state index contributed by atoms with van der Waals surface area (Å²) in [6, 6.07) is 3.48. The molecule has 1 atom stereocenters. The lowest BCUT2D eigenvalue weighted by atomic mass is 9.94. The predicted molar refractivity (Wildman–Crippen MR) is 62.5 cm³/mol. The van der Waals surface area contributed by atoms with Crippen LogP contribution < -0.4 is 5.32 Å². The van der Waals surface area contributed by atoms with Crippen LogP contribution >= 0.6 is 0 Å². The third kappa shape index (κ3) is 4.22. The number of amides is 1. The number of hydrogen-bond acceptors (Lipinski definition) is 3. The fraction of sp³-hybridized carbons (Fsp3) is 0.417. The molecule has 0 aromatic carbocycles. The average molecular weight is 236 g/mol. The Balaban J connectivity index is 2.78. The van der Waals surface area contributed by atoms with Crippen LogP contribution in [-0.4, -0.2) is 28.5 Å². The number of rotatable bonds is 6.